The van der Waals surface area contributed by atoms with Crippen LogP contribution in [0.4, 0.5) is 4.39 Å². The third-order valence-electron chi connectivity index (χ3n) is 5.84. The fraction of sp³-hybridized carbons (Fsp3) is 0.292. The van der Waals surface area contributed by atoms with E-state index in [0.29, 0.717) is 17.8 Å². The standard InChI is InChI=1S/C24H23FN4O5/c1-13-9-20(18(24(32)33)11-17(13)14-3-2-4-15(25)10-14)27-21(31)7-8-22-28-23(29-34-22)19-6-5-16(30)12-26-19/h2-6,10,12-13,17,30H,7-9,11H2,1H3,(H,27,31)(H,32,33). The summed E-state index contributed by atoms with van der Waals surface area (Å²) in [6.45, 7) is 1.96. The molecule has 0 saturated heterocycles. The summed E-state index contributed by atoms with van der Waals surface area (Å²) >= 11 is 0. The molecule has 2 unspecified atom stereocenters. The molecule has 176 valence electrons. The largest absolute Gasteiger partial charge is 0.506 e. The van der Waals surface area contributed by atoms with Gasteiger partial charge in [0, 0.05) is 18.5 Å². The van der Waals surface area contributed by atoms with E-state index in [2.05, 4.69) is 20.4 Å². The van der Waals surface area contributed by atoms with Crippen LogP contribution in [0.25, 0.3) is 11.5 Å². The molecule has 2 aromatic heterocycles. The van der Waals surface area contributed by atoms with Crippen LogP contribution in [0.2, 0.25) is 0 Å². The zero-order chi connectivity index (χ0) is 24.2. The van der Waals surface area contributed by atoms with Crippen molar-refractivity contribution in [1.29, 1.82) is 0 Å². The van der Waals surface area contributed by atoms with Gasteiger partial charge in [0.05, 0.1) is 11.8 Å². The number of amides is 1. The maximum absolute atomic E-state index is 13.7. The van der Waals surface area contributed by atoms with Crippen molar-refractivity contribution < 1.29 is 28.7 Å². The van der Waals surface area contributed by atoms with Gasteiger partial charge in [0.2, 0.25) is 17.6 Å². The van der Waals surface area contributed by atoms with Gasteiger partial charge >= 0.3 is 5.97 Å². The molecule has 34 heavy (non-hydrogen) atoms. The maximum atomic E-state index is 13.7. The number of carbonyl (C=O) groups excluding carboxylic acids is 1. The summed E-state index contributed by atoms with van der Waals surface area (Å²) in [6, 6.07) is 9.17. The van der Waals surface area contributed by atoms with Crippen molar-refractivity contribution in [3.63, 3.8) is 0 Å². The van der Waals surface area contributed by atoms with Gasteiger partial charge < -0.3 is 20.1 Å². The lowest BCUT2D eigenvalue weighted by molar-refractivity contribution is -0.133. The summed E-state index contributed by atoms with van der Waals surface area (Å²) in [5.41, 5.74) is 1.65. The van der Waals surface area contributed by atoms with E-state index < -0.39 is 5.97 Å². The van der Waals surface area contributed by atoms with Crippen molar-refractivity contribution in [1.82, 2.24) is 20.4 Å². The number of aromatic nitrogens is 3. The van der Waals surface area contributed by atoms with Crippen LogP contribution in [0, 0.1) is 11.7 Å². The van der Waals surface area contributed by atoms with E-state index in [1.165, 1.54) is 30.5 Å². The molecule has 2 heterocycles. The minimum atomic E-state index is -1.11. The molecule has 0 radical (unpaired) electrons. The SMILES string of the molecule is CC1CC(NC(=O)CCc2nc(-c3ccc(O)cn3)no2)=C(C(=O)O)CC1c1cccc(F)c1. The van der Waals surface area contributed by atoms with Gasteiger partial charge in [-0.2, -0.15) is 4.98 Å². The summed E-state index contributed by atoms with van der Waals surface area (Å²) in [4.78, 5) is 32.6. The highest BCUT2D eigenvalue weighted by Crippen LogP contribution is 2.40. The van der Waals surface area contributed by atoms with Crippen LogP contribution in [0.3, 0.4) is 0 Å². The molecule has 3 aromatic rings. The molecular formula is C24H23FN4O5. The van der Waals surface area contributed by atoms with Crippen LogP contribution >= 0.6 is 0 Å². The number of pyridine rings is 1. The second-order valence-electron chi connectivity index (χ2n) is 8.27. The Balaban J connectivity index is 1.41. The van der Waals surface area contributed by atoms with Crippen molar-refractivity contribution in [3.8, 4) is 17.3 Å². The Kier molecular flexibility index (Phi) is 6.67. The molecule has 1 aliphatic rings. The smallest absolute Gasteiger partial charge is 0.333 e. The maximum Gasteiger partial charge on any atom is 0.333 e. The van der Waals surface area contributed by atoms with E-state index in [1.54, 1.807) is 12.1 Å². The summed E-state index contributed by atoms with van der Waals surface area (Å²) in [6.07, 6.45) is 1.99. The second kappa shape index (κ2) is 9.82. The summed E-state index contributed by atoms with van der Waals surface area (Å²) in [5.74, 6) is -1.51. The Morgan fingerprint density at radius 1 is 1.24 bits per heavy atom. The number of hydrogen-bond donors (Lipinski definition) is 3. The van der Waals surface area contributed by atoms with Gasteiger partial charge in [-0.25, -0.2) is 14.2 Å². The fourth-order valence-corrected chi connectivity index (χ4v) is 4.09. The number of carboxylic acid groups (broad SMARTS) is 1. The van der Waals surface area contributed by atoms with E-state index in [0.717, 1.165) is 5.56 Å². The lowest BCUT2D eigenvalue weighted by Gasteiger charge is -2.32. The Hall–Kier alpha value is -4.08. The Labute approximate surface area is 194 Å². The number of allylic oxidation sites excluding steroid dienone is 1. The van der Waals surface area contributed by atoms with Crippen LogP contribution in [0.5, 0.6) is 5.75 Å². The average Bonchev–Trinajstić information content (AvgIpc) is 3.27. The van der Waals surface area contributed by atoms with Gasteiger partial charge in [0.15, 0.2) is 0 Å². The molecule has 2 atom stereocenters. The van der Waals surface area contributed by atoms with Crippen LogP contribution in [0.15, 0.2) is 58.4 Å². The van der Waals surface area contributed by atoms with Gasteiger partial charge in [-0.05, 0) is 54.5 Å². The van der Waals surface area contributed by atoms with E-state index in [4.69, 9.17) is 4.52 Å². The number of aliphatic carboxylic acids is 1. The molecule has 9 nitrogen and oxygen atoms in total. The molecule has 4 rings (SSSR count). The number of aromatic hydroxyl groups is 1. The minimum absolute atomic E-state index is 0.0107. The van der Waals surface area contributed by atoms with E-state index >= 15 is 0 Å². The van der Waals surface area contributed by atoms with Gasteiger partial charge in [0.1, 0.15) is 17.3 Å². The normalized spacial score (nSPS) is 18.1. The van der Waals surface area contributed by atoms with Crippen LogP contribution < -0.4 is 5.32 Å². The number of halogens is 1. The number of nitrogens with zero attached hydrogens (tertiary/aromatic N) is 3. The van der Waals surface area contributed by atoms with Crippen molar-refractivity contribution in [2.45, 2.75) is 38.5 Å². The molecule has 0 fully saturated rings. The molecule has 0 saturated carbocycles. The molecular weight excluding hydrogens is 443 g/mol. The number of benzene rings is 1. The Morgan fingerprint density at radius 2 is 2.06 bits per heavy atom. The number of carboxylic acids is 1. The molecule has 1 aliphatic carbocycles. The third kappa shape index (κ3) is 5.28. The number of carbonyl (C=O) groups is 2. The first-order chi connectivity index (χ1) is 16.3. The summed E-state index contributed by atoms with van der Waals surface area (Å²) < 4.78 is 18.8. The minimum Gasteiger partial charge on any atom is -0.506 e. The molecule has 1 aromatic carbocycles. The number of rotatable bonds is 7. The van der Waals surface area contributed by atoms with Crippen molar-refractivity contribution in [3.05, 3.63) is 71.1 Å². The molecule has 0 bridgehead atoms. The highest BCUT2D eigenvalue weighted by Gasteiger charge is 2.32. The average molecular weight is 466 g/mol. The highest BCUT2D eigenvalue weighted by atomic mass is 19.1. The van der Waals surface area contributed by atoms with Gasteiger partial charge in [0.25, 0.3) is 0 Å². The highest BCUT2D eigenvalue weighted by molar-refractivity contribution is 5.89. The first kappa shape index (κ1) is 23.1. The van der Waals surface area contributed by atoms with E-state index in [9.17, 15) is 24.2 Å². The quantitative estimate of drug-likeness (QED) is 0.480. The fourth-order valence-electron chi connectivity index (χ4n) is 4.09. The third-order valence-corrected chi connectivity index (χ3v) is 5.84. The van der Waals surface area contributed by atoms with Crippen LogP contribution in [-0.4, -0.2) is 37.2 Å². The van der Waals surface area contributed by atoms with Gasteiger partial charge in [-0.3, -0.25) is 4.79 Å². The lowest BCUT2D eigenvalue weighted by atomic mass is 9.75. The Bertz CT molecular complexity index is 1240. The van der Waals surface area contributed by atoms with Crippen LogP contribution in [-0.2, 0) is 16.0 Å². The molecule has 10 heteroatoms. The van der Waals surface area contributed by atoms with Gasteiger partial charge in [-0.1, -0.05) is 24.2 Å². The van der Waals surface area contributed by atoms with E-state index in [-0.39, 0.29) is 65.9 Å². The lowest BCUT2D eigenvalue weighted by Crippen LogP contribution is -2.31. The first-order valence-electron chi connectivity index (χ1n) is 10.8. The second-order valence-corrected chi connectivity index (χ2v) is 8.27. The Morgan fingerprint density at radius 3 is 2.76 bits per heavy atom. The molecule has 1 amide bonds. The number of aryl methyl sites for hydroxylation is 1. The zero-order valence-corrected chi connectivity index (χ0v) is 18.4. The summed E-state index contributed by atoms with van der Waals surface area (Å²) in [7, 11) is 0. The number of hydrogen-bond acceptors (Lipinski definition) is 7. The first-order valence-corrected chi connectivity index (χ1v) is 10.8. The van der Waals surface area contributed by atoms with Crippen molar-refractivity contribution >= 4 is 11.9 Å². The topological polar surface area (TPSA) is 138 Å². The monoisotopic (exact) mass is 466 g/mol. The zero-order valence-electron chi connectivity index (χ0n) is 18.4. The van der Waals surface area contributed by atoms with E-state index in [1.807, 2.05) is 6.92 Å². The van der Waals surface area contributed by atoms with Gasteiger partial charge in [-0.15, -0.1) is 0 Å². The molecule has 0 aliphatic heterocycles. The summed E-state index contributed by atoms with van der Waals surface area (Å²) in [5, 5.41) is 25.6. The van der Waals surface area contributed by atoms with Crippen molar-refractivity contribution in [2.75, 3.05) is 0 Å². The van der Waals surface area contributed by atoms with Crippen LogP contribution in [0.1, 0.15) is 43.6 Å². The molecule has 3 N–H and O–H groups in total. The van der Waals surface area contributed by atoms with Crippen molar-refractivity contribution in [2.24, 2.45) is 5.92 Å². The predicted octanol–water partition coefficient (Wildman–Crippen LogP) is 3.58. The predicted molar refractivity (Wildman–Crippen MR) is 118 cm³/mol. The molecule has 0 spiro atoms. The number of nitrogens with one attached hydrogen (secondary N) is 1.